The molecule has 0 atom stereocenters. The predicted molar refractivity (Wildman–Crippen MR) is 114 cm³/mol. The molecule has 0 aliphatic carbocycles. The minimum atomic E-state index is 0.174. The Balaban J connectivity index is 1.70. The zero-order valence-electron chi connectivity index (χ0n) is 15.9. The highest BCUT2D eigenvalue weighted by molar-refractivity contribution is 6.31. The molecule has 2 heterocycles. The molecule has 0 aliphatic heterocycles. The number of anilines is 2. The average molecular weight is 407 g/mol. The molecule has 0 aliphatic rings. The van der Waals surface area contributed by atoms with E-state index in [-0.39, 0.29) is 5.75 Å². The van der Waals surface area contributed by atoms with E-state index < -0.39 is 0 Å². The second-order valence-corrected chi connectivity index (χ2v) is 7.28. The normalized spacial score (nSPS) is 11.0. The minimum Gasteiger partial charge on any atom is -0.508 e. The summed E-state index contributed by atoms with van der Waals surface area (Å²) in [5.41, 5.74) is 2.25. The first-order valence-electron chi connectivity index (χ1n) is 9.15. The van der Waals surface area contributed by atoms with Crippen molar-refractivity contribution in [2.75, 3.05) is 5.32 Å². The zero-order chi connectivity index (χ0) is 20.4. The van der Waals surface area contributed by atoms with Crippen LogP contribution in [0, 0.1) is 0 Å². The van der Waals surface area contributed by atoms with E-state index in [2.05, 4.69) is 34.1 Å². The van der Waals surface area contributed by atoms with Crippen LogP contribution < -0.4 is 10.1 Å². The van der Waals surface area contributed by atoms with Gasteiger partial charge in [0.2, 0.25) is 0 Å². The van der Waals surface area contributed by atoms with E-state index in [0.29, 0.717) is 39.6 Å². The minimum absolute atomic E-state index is 0.174. The highest BCUT2D eigenvalue weighted by Crippen LogP contribution is 2.35. The van der Waals surface area contributed by atoms with Crippen LogP contribution in [-0.2, 0) is 0 Å². The highest BCUT2D eigenvalue weighted by Gasteiger charge is 2.12. The van der Waals surface area contributed by atoms with Gasteiger partial charge < -0.3 is 15.2 Å². The predicted octanol–water partition coefficient (Wildman–Crippen LogP) is 6.04. The number of aromatic hydroxyl groups is 1. The van der Waals surface area contributed by atoms with E-state index in [9.17, 15) is 5.11 Å². The van der Waals surface area contributed by atoms with Gasteiger partial charge >= 0.3 is 0 Å². The number of hydrogen-bond donors (Lipinski definition) is 2. The molecule has 0 bridgehead atoms. The number of nitrogens with one attached hydrogen (secondary N) is 1. The Hall–Kier alpha value is -3.38. The molecular weight excluding hydrogens is 388 g/mol. The SMILES string of the molecule is CC(C)c1ccc2c(Nc3cc(Cl)ccc3Oc3ccc(O)cc3)ncnc2n1. The van der Waals surface area contributed by atoms with Gasteiger partial charge in [-0.05, 0) is 60.5 Å². The molecule has 0 spiro atoms. The van der Waals surface area contributed by atoms with E-state index in [0.717, 1.165) is 11.1 Å². The molecule has 7 heteroatoms. The summed E-state index contributed by atoms with van der Waals surface area (Å²) in [7, 11) is 0. The largest absolute Gasteiger partial charge is 0.508 e. The van der Waals surface area contributed by atoms with Gasteiger partial charge in [-0.3, -0.25) is 0 Å². The molecule has 0 saturated heterocycles. The number of phenolic OH excluding ortho intramolecular Hbond substituents is 1. The van der Waals surface area contributed by atoms with Crippen molar-refractivity contribution in [2.45, 2.75) is 19.8 Å². The molecule has 4 aromatic rings. The van der Waals surface area contributed by atoms with Crippen LogP contribution in [0.25, 0.3) is 11.0 Å². The quantitative estimate of drug-likeness (QED) is 0.420. The molecule has 6 nitrogen and oxygen atoms in total. The number of nitrogens with zero attached hydrogens (tertiary/aromatic N) is 3. The Bertz CT molecular complexity index is 1160. The number of rotatable bonds is 5. The van der Waals surface area contributed by atoms with Crippen LogP contribution in [0.1, 0.15) is 25.5 Å². The molecule has 0 fully saturated rings. The summed E-state index contributed by atoms with van der Waals surface area (Å²) in [5.74, 6) is 2.25. The van der Waals surface area contributed by atoms with E-state index in [1.54, 1.807) is 42.5 Å². The summed E-state index contributed by atoms with van der Waals surface area (Å²) in [6, 6.07) is 15.7. The van der Waals surface area contributed by atoms with Gasteiger partial charge in [-0.15, -0.1) is 0 Å². The van der Waals surface area contributed by atoms with E-state index in [4.69, 9.17) is 16.3 Å². The summed E-state index contributed by atoms with van der Waals surface area (Å²) < 4.78 is 5.96. The summed E-state index contributed by atoms with van der Waals surface area (Å²) in [6.45, 7) is 4.18. The van der Waals surface area contributed by atoms with Gasteiger partial charge in [0.05, 0.1) is 11.1 Å². The van der Waals surface area contributed by atoms with Crippen LogP contribution in [0.4, 0.5) is 11.5 Å². The highest BCUT2D eigenvalue weighted by atomic mass is 35.5. The van der Waals surface area contributed by atoms with Crippen LogP contribution in [-0.4, -0.2) is 20.1 Å². The van der Waals surface area contributed by atoms with Gasteiger partial charge in [-0.25, -0.2) is 15.0 Å². The average Bonchev–Trinajstić information content (AvgIpc) is 2.71. The van der Waals surface area contributed by atoms with Crippen molar-refractivity contribution >= 4 is 34.1 Å². The van der Waals surface area contributed by atoms with Crippen LogP contribution in [0.3, 0.4) is 0 Å². The Labute approximate surface area is 173 Å². The molecule has 146 valence electrons. The monoisotopic (exact) mass is 406 g/mol. The maximum Gasteiger partial charge on any atom is 0.164 e. The topological polar surface area (TPSA) is 80.2 Å². The lowest BCUT2D eigenvalue weighted by Gasteiger charge is -2.14. The molecule has 0 saturated carbocycles. The molecule has 2 aromatic carbocycles. The second-order valence-electron chi connectivity index (χ2n) is 6.85. The molecule has 0 unspecified atom stereocenters. The van der Waals surface area contributed by atoms with Gasteiger partial charge in [0, 0.05) is 10.7 Å². The van der Waals surface area contributed by atoms with Gasteiger partial charge in [0.25, 0.3) is 0 Å². The maximum atomic E-state index is 9.46. The summed E-state index contributed by atoms with van der Waals surface area (Å²) in [5, 5.41) is 14.1. The number of ether oxygens (including phenoxy) is 1. The van der Waals surface area contributed by atoms with Gasteiger partial charge in [-0.2, -0.15) is 0 Å². The van der Waals surface area contributed by atoms with Gasteiger partial charge in [-0.1, -0.05) is 25.4 Å². The van der Waals surface area contributed by atoms with E-state index in [1.807, 2.05) is 12.1 Å². The van der Waals surface area contributed by atoms with Crippen molar-refractivity contribution < 1.29 is 9.84 Å². The lowest BCUT2D eigenvalue weighted by molar-refractivity contribution is 0.465. The molecule has 0 radical (unpaired) electrons. The fourth-order valence-electron chi connectivity index (χ4n) is 2.84. The number of fused-ring (bicyclic) bond motifs is 1. The van der Waals surface area contributed by atoms with Crippen molar-refractivity contribution in [2.24, 2.45) is 0 Å². The first-order valence-corrected chi connectivity index (χ1v) is 9.52. The molecule has 0 amide bonds. The lowest BCUT2D eigenvalue weighted by Crippen LogP contribution is -2.01. The second kappa shape index (κ2) is 7.93. The standard InChI is InChI=1S/C22H19ClN4O2/c1-13(2)18-9-8-17-21(26-18)24-12-25-22(17)27-19-11-14(23)3-10-20(19)29-16-6-4-15(28)5-7-16/h3-13,28H,1-2H3,(H,24,25,26,27). The number of hydrogen-bond acceptors (Lipinski definition) is 6. The van der Waals surface area contributed by atoms with Crippen molar-refractivity contribution in [1.29, 1.82) is 0 Å². The molecule has 29 heavy (non-hydrogen) atoms. The Morgan fingerprint density at radius 2 is 1.79 bits per heavy atom. The number of phenols is 1. The fraction of sp³-hybridized carbons (Fsp3) is 0.136. The summed E-state index contributed by atoms with van der Waals surface area (Å²) in [4.78, 5) is 13.3. The third kappa shape index (κ3) is 4.22. The third-order valence-electron chi connectivity index (χ3n) is 4.37. The summed E-state index contributed by atoms with van der Waals surface area (Å²) >= 11 is 6.21. The van der Waals surface area contributed by atoms with Crippen molar-refractivity contribution in [3.05, 3.63) is 71.6 Å². The Morgan fingerprint density at radius 3 is 2.55 bits per heavy atom. The fourth-order valence-corrected chi connectivity index (χ4v) is 3.01. The number of benzene rings is 2. The van der Waals surface area contributed by atoms with Crippen LogP contribution >= 0.6 is 11.6 Å². The zero-order valence-corrected chi connectivity index (χ0v) is 16.7. The van der Waals surface area contributed by atoms with Gasteiger partial charge in [0.1, 0.15) is 23.6 Å². The number of aromatic nitrogens is 3. The smallest absolute Gasteiger partial charge is 0.164 e. The first-order chi connectivity index (χ1) is 14.0. The first kappa shape index (κ1) is 19.0. The van der Waals surface area contributed by atoms with Crippen molar-refractivity contribution in [3.63, 3.8) is 0 Å². The number of halogens is 1. The molecule has 4 rings (SSSR count). The number of pyridine rings is 1. The van der Waals surface area contributed by atoms with Crippen LogP contribution in [0.15, 0.2) is 60.9 Å². The van der Waals surface area contributed by atoms with Crippen molar-refractivity contribution in [3.8, 4) is 17.2 Å². The van der Waals surface area contributed by atoms with Gasteiger partial charge in [0.15, 0.2) is 11.4 Å². The summed E-state index contributed by atoms with van der Waals surface area (Å²) in [6.07, 6.45) is 1.48. The van der Waals surface area contributed by atoms with Crippen LogP contribution in [0.5, 0.6) is 17.2 Å². The molecule has 2 aromatic heterocycles. The van der Waals surface area contributed by atoms with Crippen LogP contribution in [0.2, 0.25) is 5.02 Å². The Kier molecular flexibility index (Phi) is 5.18. The Morgan fingerprint density at radius 1 is 1.00 bits per heavy atom. The molecule has 2 N–H and O–H groups in total. The van der Waals surface area contributed by atoms with E-state index in [1.165, 1.54) is 6.33 Å². The van der Waals surface area contributed by atoms with E-state index >= 15 is 0 Å². The van der Waals surface area contributed by atoms with Crippen molar-refractivity contribution in [1.82, 2.24) is 15.0 Å². The maximum absolute atomic E-state index is 9.46. The molecular formula is C22H19ClN4O2. The lowest BCUT2D eigenvalue weighted by atomic mass is 10.1. The third-order valence-corrected chi connectivity index (χ3v) is 4.60.